The van der Waals surface area contributed by atoms with Gasteiger partial charge in [0.05, 0.1) is 12.4 Å². The second kappa shape index (κ2) is 7.28. The summed E-state index contributed by atoms with van der Waals surface area (Å²) in [4.78, 5) is 10.6. The number of benzene rings is 1. The van der Waals surface area contributed by atoms with Crippen LogP contribution < -0.4 is 4.74 Å². The van der Waals surface area contributed by atoms with Gasteiger partial charge in [-0.1, -0.05) is 26.0 Å². The molecule has 2 unspecified atom stereocenters. The van der Waals surface area contributed by atoms with Crippen molar-refractivity contribution < 1.29 is 18.8 Å². The summed E-state index contributed by atoms with van der Waals surface area (Å²) in [6.45, 7) is 5.93. The fourth-order valence-electron chi connectivity index (χ4n) is 1.48. The molecule has 19 heavy (non-hydrogen) atoms. The molecule has 0 aliphatic heterocycles. The van der Waals surface area contributed by atoms with Crippen LogP contribution in [-0.2, 0) is 15.6 Å². The minimum absolute atomic E-state index is 0.222. The van der Waals surface area contributed by atoms with Crippen molar-refractivity contribution in [3.8, 4) is 5.75 Å². The average Bonchev–Trinajstić information content (AvgIpc) is 2.38. The van der Waals surface area contributed by atoms with E-state index in [0.29, 0.717) is 11.7 Å². The summed E-state index contributed by atoms with van der Waals surface area (Å²) < 4.78 is 17.0. The minimum atomic E-state index is -1.40. The van der Waals surface area contributed by atoms with Gasteiger partial charge in [0.15, 0.2) is 0 Å². The lowest BCUT2D eigenvalue weighted by Gasteiger charge is -2.10. The quantitative estimate of drug-likeness (QED) is 0.835. The molecule has 0 aliphatic rings. The van der Waals surface area contributed by atoms with Gasteiger partial charge in [-0.15, -0.1) is 0 Å². The van der Waals surface area contributed by atoms with Crippen LogP contribution in [0, 0.1) is 0 Å². The molecule has 0 heterocycles. The molecule has 1 aromatic carbocycles. The van der Waals surface area contributed by atoms with E-state index < -0.39 is 22.0 Å². The van der Waals surface area contributed by atoms with Crippen LogP contribution in [0.1, 0.15) is 32.3 Å². The summed E-state index contributed by atoms with van der Waals surface area (Å²) in [6, 6.07) is 7.74. The first-order valence-corrected chi connectivity index (χ1v) is 7.62. The van der Waals surface area contributed by atoms with Gasteiger partial charge in [0.25, 0.3) is 0 Å². The highest BCUT2D eigenvalue weighted by Gasteiger charge is 2.18. The predicted molar refractivity (Wildman–Crippen MR) is 76.1 cm³/mol. The molecule has 1 rings (SSSR count). The van der Waals surface area contributed by atoms with Crippen molar-refractivity contribution >= 4 is 16.8 Å². The first-order valence-electron chi connectivity index (χ1n) is 6.24. The molecular weight excluding hydrogens is 264 g/mol. The number of carboxylic acids is 1. The number of ether oxygens (including phenoxy) is 1. The lowest BCUT2D eigenvalue weighted by Crippen LogP contribution is -2.25. The van der Waals surface area contributed by atoms with E-state index in [4.69, 9.17) is 9.84 Å². The normalized spacial score (nSPS) is 14.1. The van der Waals surface area contributed by atoms with Gasteiger partial charge in [-0.05, 0) is 30.5 Å². The largest absolute Gasteiger partial charge is 0.493 e. The van der Waals surface area contributed by atoms with Crippen molar-refractivity contribution in [2.45, 2.75) is 31.9 Å². The molecule has 4 nitrogen and oxygen atoms in total. The zero-order valence-electron chi connectivity index (χ0n) is 11.5. The molecule has 0 aromatic heterocycles. The fourth-order valence-corrected chi connectivity index (χ4v) is 2.31. The van der Waals surface area contributed by atoms with Crippen LogP contribution in [0.2, 0.25) is 0 Å². The second-order valence-corrected chi connectivity index (χ2v) is 6.51. The zero-order chi connectivity index (χ0) is 14.4. The van der Waals surface area contributed by atoms with Gasteiger partial charge in [-0.25, -0.2) is 0 Å². The monoisotopic (exact) mass is 284 g/mol. The third-order valence-electron chi connectivity index (χ3n) is 2.84. The first-order chi connectivity index (χ1) is 8.91. The van der Waals surface area contributed by atoms with E-state index in [0.717, 1.165) is 0 Å². The molecule has 0 spiro atoms. The number of carbonyl (C=O) groups is 1. The highest BCUT2D eigenvalue weighted by atomic mass is 32.2. The Balaban J connectivity index is 2.41. The lowest BCUT2D eigenvalue weighted by atomic mass is 10.0. The molecule has 0 saturated heterocycles. The molecule has 0 bridgehead atoms. The second-order valence-electron chi connectivity index (χ2n) is 4.64. The van der Waals surface area contributed by atoms with Gasteiger partial charge in [0, 0.05) is 10.8 Å². The van der Waals surface area contributed by atoms with Crippen molar-refractivity contribution in [2.75, 3.05) is 12.4 Å². The summed E-state index contributed by atoms with van der Waals surface area (Å²) in [5.41, 5.74) is 1.23. The SMILES string of the molecule is CC(C)c1ccc(OCCS(=O)C(C)C(=O)O)cc1. The van der Waals surface area contributed by atoms with Crippen molar-refractivity contribution in [1.29, 1.82) is 0 Å². The molecule has 0 fully saturated rings. The topological polar surface area (TPSA) is 63.6 Å². The predicted octanol–water partition coefficient (Wildman–Crippen LogP) is 2.41. The molecule has 2 atom stereocenters. The van der Waals surface area contributed by atoms with Crippen LogP contribution in [0.25, 0.3) is 0 Å². The molecular formula is C14H20O4S. The lowest BCUT2D eigenvalue weighted by molar-refractivity contribution is -0.136. The summed E-state index contributed by atoms with van der Waals surface area (Å²) in [7, 11) is -1.40. The standard InChI is InChI=1S/C14H20O4S/c1-10(2)12-4-6-13(7-5-12)18-8-9-19(17)11(3)14(15)16/h4-7,10-11H,8-9H2,1-3H3,(H,15,16). The Bertz CT molecular complexity index is 439. The van der Waals surface area contributed by atoms with Gasteiger partial charge in [-0.3, -0.25) is 9.00 Å². The Morgan fingerprint density at radius 3 is 2.32 bits per heavy atom. The molecule has 5 heteroatoms. The van der Waals surface area contributed by atoms with E-state index in [1.165, 1.54) is 12.5 Å². The van der Waals surface area contributed by atoms with Gasteiger partial charge in [-0.2, -0.15) is 0 Å². The third kappa shape index (κ3) is 5.03. The zero-order valence-corrected chi connectivity index (χ0v) is 12.3. The fraction of sp³-hybridized carbons (Fsp3) is 0.500. The van der Waals surface area contributed by atoms with Gasteiger partial charge >= 0.3 is 5.97 Å². The van der Waals surface area contributed by atoms with E-state index in [9.17, 15) is 9.00 Å². The van der Waals surface area contributed by atoms with Crippen molar-refractivity contribution in [2.24, 2.45) is 0 Å². The third-order valence-corrected chi connectivity index (χ3v) is 4.40. The number of carboxylic acid groups (broad SMARTS) is 1. The molecule has 106 valence electrons. The van der Waals surface area contributed by atoms with E-state index in [2.05, 4.69) is 13.8 Å². The van der Waals surface area contributed by atoms with Crippen molar-refractivity contribution in [3.63, 3.8) is 0 Å². The van der Waals surface area contributed by atoms with Gasteiger partial charge in [0.1, 0.15) is 11.0 Å². The Morgan fingerprint density at radius 1 is 1.26 bits per heavy atom. The summed E-state index contributed by atoms with van der Waals surface area (Å²) in [5.74, 6) is 0.362. The summed E-state index contributed by atoms with van der Waals surface area (Å²) >= 11 is 0. The average molecular weight is 284 g/mol. The maximum absolute atomic E-state index is 11.6. The molecule has 0 radical (unpaired) electrons. The Hall–Kier alpha value is -1.36. The number of hydrogen-bond acceptors (Lipinski definition) is 3. The maximum atomic E-state index is 11.6. The summed E-state index contributed by atoms with van der Waals surface area (Å²) in [6.07, 6.45) is 0. The highest BCUT2D eigenvalue weighted by Crippen LogP contribution is 2.18. The Morgan fingerprint density at radius 2 is 1.84 bits per heavy atom. The van der Waals surface area contributed by atoms with E-state index in [-0.39, 0.29) is 12.4 Å². The molecule has 0 aliphatic carbocycles. The Kier molecular flexibility index (Phi) is 6.02. The Labute approximate surface area is 116 Å². The molecule has 1 N–H and O–H groups in total. The van der Waals surface area contributed by atoms with E-state index in [1.807, 2.05) is 24.3 Å². The van der Waals surface area contributed by atoms with Crippen LogP contribution in [0.3, 0.4) is 0 Å². The van der Waals surface area contributed by atoms with Crippen LogP contribution in [0.5, 0.6) is 5.75 Å². The van der Waals surface area contributed by atoms with E-state index >= 15 is 0 Å². The van der Waals surface area contributed by atoms with Crippen LogP contribution >= 0.6 is 0 Å². The molecule has 0 saturated carbocycles. The van der Waals surface area contributed by atoms with Crippen LogP contribution in [-0.4, -0.2) is 32.9 Å². The minimum Gasteiger partial charge on any atom is -0.493 e. The number of aliphatic carboxylic acids is 1. The van der Waals surface area contributed by atoms with Crippen molar-refractivity contribution in [1.82, 2.24) is 0 Å². The highest BCUT2D eigenvalue weighted by molar-refractivity contribution is 7.86. The van der Waals surface area contributed by atoms with Crippen molar-refractivity contribution in [3.05, 3.63) is 29.8 Å². The molecule has 0 amide bonds. The first kappa shape index (κ1) is 15.7. The van der Waals surface area contributed by atoms with E-state index in [1.54, 1.807) is 0 Å². The number of rotatable bonds is 7. The van der Waals surface area contributed by atoms with Crippen LogP contribution in [0.15, 0.2) is 24.3 Å². The van der Waals surface area contributed by atoms with Gasteiger partial charge < -0.3 is 9.84 Å². The number of hydrogen-bond donors (Lipinski definition) is 1. The van der Waals surface area contributed by atoms with Crippen LogP contribution in [0.4, 0.5) is 0 Å². The molecule has 1 aromatic rings. The maximum Gasteiger partial charge on any atom is 0.318 e. The van der Waals surface area contributed by atoms with Gasteiger partial charge in [0.2, 0.25) is 0 Å². The summed E-state index contributed by atoms with van der Waals surface area (Å²) in [5, 5.41) is 7.86. The smallest absolute Gasteiger partial charge is 0.318 e.